The first-order valence-corrected chi connectivity index (χ1v) is 4.08. The molecule has 0 radical (unpaired) electrons. The first kappa shape index (κ1) is 9.02. The third-order valence-electron chi connectivity index (χ3n) is 1.55. The van der Waals surface area contributed by atoms with Crippen LogP contribution in [0.1, 0.15) is 31.0 Å². The van der Waals surface area contributed by atoms with Gasteiger partial charge in [0, 0.05) is 6.20 Å². The average Bonchev–Trinajstić information content (AvgIpc) is 2.03. The number of nitriles is 1. The van der Waals surface area contributed by atoms with Gasteiger partial charge in [-0.1, -0.05) is 25.4 Å². The average molecular weight is 181 g/mol. The van der Waals surface area contributed by atoms with E-state index in [2.05, 4.69) is 11.1 Å². The minimum Gasteiger partial charge on any atom is -0.258 e. The Morgan fingerprint density at radius 2 is 2.25 bits per heavy atom. The predicted molar refractivity (Wildman–Crippen MR) is 48.1 cm³/mol. The molecule has 1 heterocycles. The van der Waals surface area contributed by atoms with Crippen molar-refractivity contribution in [1.29, 1.82) is 5.26 Å². The zero-order valence-electron chi connectivity index (χ0n) is 7.00. The fourth-order valence-corrected chi connectivity index (χ4v) is 1.16. The Hall–Kier alpha value is -1.07. The Bertz CT molecular complexity index is 326. The maximum atomic E-state index is 8.74. The first-order valence-electron chi connectivity index (χ1n) is 3.70. The fraction of sp³-hybridized carbons (Fsp3) is 0.333. The lowest BCUT2D eigenvalue weighted by Crippen LogP contribution is -1.96. The highest BCUT2D eigenvalue weighted by Gasteiger charge is 2.07. The van der Waals surface area contributed by atoms with Crippen molar-refractivity contribution in [2.45, 2.75) is 19.8 Å². The Morgan fingerprint density at radius 3 is 2.75 bits per heavy atom. The van der Waals surface area contributed by atoms with Crippen molar-refractivity contribution in [1.82, 2.24) is 4.98 Å². The van der Waals surface area contributed by atoms with Crippen molar-refractivity contribution in [2.24, 2.45) is 0 Å². The summed E-state index contributed by atoms with van der Waals surface area (Å²) in [6, 6.07) is 3.71. The molecule has 1 aromatic rings. The second-order valence-corrected chi connectivity index (χ2v) is 3.29. The van der Waals surface area contributed by atoms with Gasteiger partial charge in [0.1, 0.15) is 6.07 Å². The van der Waals surface area contributed by atoms with Crippen LogP contribution in [0.4, 0.5) is 0 Å². The van der Waals surface area contributed by atoms with Gasteiger partial charge in [-0.15, -0.1) is 0 Å². The minimum atomic E-state index is 0.261. The van der Waals surface area contributed by atoms with E-state index < -0.39 is 0 Å². The highest BCUT2D eigenvalue weighted by molar-refractivity contribution is 6.30. The second-order valence-electron chi connectivity index (χ2n) is 2.85. The molecule has 0 aliphatic heterocycles. The molecule has 0 amide bonds. The van der Waals surface area contributed by atoms with Gasteiger partial charge in [0.05, 0.1) is 16.3 Å². The topological polar surface area (TPSA) is 36.7 Å². The summed E-state index contributed by atoms with van der Waals surface area (Å²) >= 11 is 5.69. The maximum absolute atomic E-state index is 8.74. The van der Waals surface area contributed by atoms with Crippen LogP contribution in [0.5, 0.6) is 0 Å². The van der Waals surface area contributed by atoms with Crippen LogP contribution in [0.25, 0.3) is 0 Å². The summed E-state index contributed by atoms with van der Waals surface area (Å²) in [4.78, 5) is 4.09. The molecular formula is C9H9ClN2. The van der Waals surface area contributed by atoms with Crippen molar-refractivity contribution in [3.63, 3.8) is 0 Å². The zero-order chi connectivity index (χ0) is 9.14. The largest absolute Gasteiger partial charge is 0.258 e. The van der Waals surface area contributed by atoms with E-state index in [0.29, 0.717) is 10.6 Å². The third kappa shape index (κ3) is 1.75. The first-order chi connectivity index (χ1) is 5.65. The molecule has 1 rings (SSSR count). The summed E-state index contributed by atoms with van der Waals surface area (Å²) in [5.74, 6) is 0.261. The standard InChI is InChI=1S/C9H9ClN2/c1-6(2)9-7(4-11)3-8(10)5-12-9/h3,5-6H,1-2H3. The van der Waals surface area contributed by atoms with Crippen molar-refractivity contribution in [3.8, 4) is 6.07 Å². The third-order valence-corrected chi connectivity index (χ3v) is 1.76. The Balaban J connectivity index is 3.23. The van der Waals surface area contributed by atoms with Gasteiger partial charge in [0.15, 0.2) is 0 Å². The smallest absolute Gasteiger partial charge is 0.101 e. The van der Waals surface area contributed by atoms with Crippen molar-refractivity contribution in [2.75, 3.05) is 0 Å². The molecule has 0 aliphatic rings. The monoisotopic (exact) mass is 180 g/mol. The van der Waals surface area contributed by atoms with Crippen LogP contribution >= 0.6 is 11.6 Å². The summed E-state index contributed by atoms with van der Waals surface area (Å²) in [5.41, 5.74) is 1.37. The predicted octanol–water partition coefficient (Wildman–Crippen LogP) is 2.73. The van der Waals surface area contributed by atoms with Crippen LogP contribution in [0.15, 0.2) is 12.3 Å². The van der Waals surface area contributed by atoms with Gasteiger partial charge in [-0.3, -0.25) is 4.98 Å². The van der Waals surface area contributed by atoms with Gasteiger partial charge in [0.2, 0.25) is 0 Å². The molecule has 0 atom stereocenters. The van der Waals surface area contributed by atoms with Crippen LogP contribution in [0, 0.1) is 11.3 Å². The molecule has 0 spiro atoms. The molecule has 62 valence electrons. The highest BCUT2D eigenvalue weighted by Crippen LogP contribution is 2.19. The van der Waals surface area contributed by atoms with Gasteiger partial charge in [-0.25, -0.2) is 0 Å². The molecule has 3 heteroatoms. The van der Waals surface area contributed by atoms with E-state index in [1.54, 1.807) is 12.3 Å². The summed E-state index contributed by atoms with van der Waals surface area (Å²) in [5, 5.41) is 9.25. The highest BCUT2D eigenvalue weighted by atomic mass is 35.5. The quantitative estimate of drug-likeness (QED) is 0.667. The number of hydrogen-bond donors (Lipinski definition) is 0. The number of nitrogens with zero attached hydrogens (tertiary/aromatic N) is 2. The summed E-state index contributed by atoms with van der Waals surface area (Å²) in [6.07, 6.45) is 1.57. The van der Waals surface area contributed by atoms with Crippen molar-refractivity contribution in [3.05, 3.63) is 28.5 Å². The van der Waals surface area contributed by atoms with E-state index in [-0.39, 0.29) is 5.92 Å². The van der Waals surface area contributed by atoms with Gasteiger partial charge < -0.3 is 0 Å². The minimum absolute atomic E-state index is 0.261. The number of aromatic nitrogens is 1. The molecule has 0 saturated carbocycles. The van der Waals surface area contributed by atoms with Crippen LogP contribution in [-0.4, -0.2) is 4.98 Å². The number of pyridine rings is 1. The lowest BCUT2D eigenvalue weighted by atomic mass is 10.1. The molecule has 0 N–H and O–H groups in total. The normalized spacial score (nSPS) is 9.92. The molecular weight excluding hydrogens is 172 g/mol. The second kappa shape index (κ2) is 3.55. The molecule has 0 aliphatic carbocycles. The van der Waals surface area contributed by atoms with Crippen LogP contribution < -0.4 is 0 Å². The van der Waals surface area contributed by atoms with E-state index in [9.17, 15) is 0 Å². The van der Waals surface area contributed by atoms with E-state index in [0.717, 1.165) is 5.69 Å². The summed E-state index contributed by atoms with van der Waals surface area (Å²) < 4.78 is 0. The van der Waals surface area contributed by atoms with Gasteiger partial charge in [0.25, 0.3) is 0 Å². The van der Waals surface area contributed by atoms with E-state index in [1.165, 1.54) is 0 Å². The molecule has 0 saturated heterocycles. The van der Waals surface area contributed by atoms with Gasteiger partial charge in [-0.05, 0) is 12.0 Å². The lowest BCUT2D eigenvalue weighted by Gasteiger charge is -2.05. The van der Waals surface area contributed by atoms with Crippen LogP contribution in [0.2, 0.25) is 5.02 Å². The lowest BCUT2D eigenvalue weighted by molar-refractivity contribution is 0.818. The number of hydrogen-bond acceptors (Lipinski definition) is 2. The Labute approximate surface area is 76.8 Å². The van der Waals surface area contributed by atoms with Crippen LogP contribution in [0.3, 0.4) is 0 Å². The zero-order valence-corrected chi connectivity index (χ0v) is 7.76. The van der Waals surface area contributed by atoms with Gasteiger partial charge >= 0.3 is 0 Å². The Morgan fingerprint density at radius 1 is 1.58 bits per heavy atom. The summed E-state index contributed by atoms with van der Waals surface area (Å²) in [7, 11) is 0. The fourth-order valence-electron chi connectivity index (χ4n) is 0.999. The van der Waals surface area contributed by atoms with Gasteiger partial charge in [-0.2, -0.15) is 5.26 Å². The molecule has 0 aromatic carbocycles. The maximum Gasteiger partial charge on any atom is 0.101 e. The van der Waals surface area contributed by atoms with E-state index in [4.69, 9.17) is 16.9 Å². The van der Waals surface area contributed by atoms with E-state index >= 15 is 0 Å². The molecule has 1 aromatic heterocycles. The molecule has 12 heavy (non-hydrogen) atoms. The molecule has 0 fully saturated rings. The molecule has 0 unspecified atom stereocenters. The van der Waals surface area contributed by atoms with Crippen molar-refractivity contribution < 1.29 is 0 Å². The van der Waals surface area contributed by atoms with Crippen molar-refractivity contribution >= 4 is 11.6 Å². The number of halogens is 1. The SMILES string of the molecule is CC(C)c1ncc(Cl)cc1C#N. The Kier molecular flexibility index (Phi) is 2.67. The van der Waals surface area contributed by atoms with E-state index in [1.807, 2.05) is 13.8 Å². The molecule has 0 bridgehead atoms. The summed E-state index contributed by atoms with van der Waals surface area (Å²) in [6.45, 7) is 3.99. The molecule has 2 nitrogen and oxygen atoms in total. The number of rotatable bonds is 1. The van der Waals surface area contributed by atoms with Crippen LogP contribution in [-0.2, 0) is 0 Å².